The number of hydrogen-bond acceptors (Lipinski definition) is 4. The van der Waals surface area contributed by atoms with Crippen LogP contribution in [0.15, 0.2) is 40.9 Å². The van der Waals surface area contributed by atoms with E-state index in [1.54, 1.807) is 43.5 Å². The van der Waals surface area contributed by atoms with Crippen LogP contribution in [0.25, 0.3) is 0 Å². The normalized spacial score (nSPS) is 10.4. The van der Waals surface area contributed by atoms with Crippen molar-refractivity contribution in [1.29, 1.82) is 0 Å². The summed E-state index contributed by atoms with van der Waals surface area (Å²) in [5, 5.41) is 3.53. The average Bonchev–Trinajstić information content (AvgIpc) is 2.54. The second kappa shape index (κ2) is 9.87. The zero-order chi connectivity index (χ0) is 18.2. The van der Waals surface area contributed by atoms with Crippen molar-refractivity contribution in [3.63, 3.8) is 0 Å². The van der Waals surface area contributed by atoms with Crippen LogP contribution in [0.1, 0.15) is 0 Å². The minimum Gasteiger partial charge on any atom is -0.491 e. The zero-order valence-corrected chi connectivity index (χ0v) is 16.5. The van der Waals surface area contributed by atoms with E-state index in [4.69, 9.17) is 37.4 Å². The molecule has 0 atom stereocenters. The van der Waals surface area contributed by atoms with E-state index in [0.717, 1.165) is 0 Å². The Morgan fingerprint density at radius 1 is 1.16 bits per heavy atom. The number of carbonyl (C=O) groups excluding carboxylic acids is 1. The van der Waals surface area contributed by atoms with Gasteiger partial charge in [-0.1, -0.05) is 29.3 Å². The molecule has 134 valence electrons. The molecule has 0 saturated heterocycles. The molecule has 1 amide bonds. The summed E-state index contributed by atoms with van der Waals surface area (Å²) >= 11 is 15.2. The molecule has 0 heterocycles. The third kappa shape index (κ3) is 6.40. The van der Waals surface area contributed by atoms with Gasteiger partial charge in [0.1, 0.15) is 12.4 Å². The highest BCUT2D eigenvalue weighted by atomic mass is 79.9. The maximum absolute atomic E-state index is 12.1. The minimum absolute atomic E-state index is 0.200. The smallest absolute Gasteiger partial charge is 0.262 e. The van der Waals surface area contributed by atoms with E-state index in [-0.39, 0.29) is 12.5 Å². The highest BCUT2D eigenvalue weighted by molar-refractivity contribution is 9.10. The van der Waals surface area contributed by atoms with Gasteiger partial charge in [-0.3, -0.25) is 4.79 Å². The molecular weight excluding hydrogens is 433 g/mol. The second-order valence-corrected chi connectivity index (χ2v) is 6.60. The number of benzene rings is 2. The van der Waals surface area contributed by atoms with E-state index in [2.05, 4.69) is 21.2 Å². The largest absolute Gasteiger partial charge is 0.491 e. The van der Waals surface area contributed by atoms with Gasteiger partial charge in [-0.15, -0.1) is 0 Å². The first-order chi connectivity index (χ1) is 12.0. The van der Waals surface area contributed by atoms with Crippen molar-refractivity contribution in [3.8, 4) is 11.5 Å². The number of carbonyl (C=O) groups is 1. The highest BCUT2D eigenvalue weighted by Gasteiger charge is 2.11. The molecule has 0 aliphatic heterocycles. The molecule has 0 aromatic heterocycles. The van der Waals surface area contributed by atoms with Gasteiger partial charge < -0.3 is 19.5 Å². The Morgan fingerprint density at radius 3 is 2.68 bits per heavy atom. The second-order valence-electron chi connectivity index (χ2n) is 4.90. The van der Waals surface area contributed by atoms with Crippen LogP contribution < -0.4 is 14.8 Å². The van der Waals surface area contributed by atoms with Crippen LogP contribution >= 0.6 is 39.1 Å². The summed E-state index contributed by atoms with van der Waals surface area (Å²) in [7, 11) is 1.60. The molecule has 0 saturated carbocycles. The Balaban J connectivity index is 1.91. The van der Waals surface area contributed by atoms with Gasteiger partial charge in [0.05, 0.1) is 16.1 Å². The van der Waals surface area contributed by atoms with E-state index in [9.17, 15) is 4.79 Å². The molecule has 1 N–H and O–H groups in total. The molecule has 0 spiro atoms. The number of rotatable bonds is 8. The van der Waals surface area contributed by atoms with Gasteiger partial charge in [-0.25, -0.2) is 0 Å². The fourth-order valence-electron chi connectivity index (χ4n) is 1.91. The lowest BCUT2D eigenvalue weighted by Crippen LogP contribution is -2.20. The lowest BCUT2D eigenvalue weighted by Gasteiger charge is -2.11. The maximum atomic E-state index is 12.1. The van der Waals surface area contributed by atoms with Crippen molar-refractivity contribution in [3.05, 3.63) is 50.9 Å². The quantitative estimate of drug-likeness (QED) is 0.589. The molecule has 0 fully saturated rings. The zero-order valence-electron chi connectivity index (χ0n) is 13.4. The Morgan fingerprint density at radius 2 is 1.96 bits per heavy atom. The fraction of sp³-hybridized carbons (Fsp3) is 0.235. The molecule has 0 bridgehead atoms. The van der Waals surface area contributed by atoms with Crippen LogP contribution in [0.5, 0.6) is 11.5 Å². The van der Waals surface area contributed by atoms with Crippen LogP contribution in [0.3, 0.4) is 0 Å². The highest BCUT2D eigenvalue weighted by Crippen LogP contribution is 2.36. The molecule has 25 heavy (non-hydrogen) atoms. The number of ether oxygens (including phenoxy) is 3. The summed E-state index contributed by atoms with van der Waals surface area (Å²) in [6.07, 6.45) is 0. The summed E-state index contributed by atoms with van der Waals surface area (Å²) in [5.41, 5.74) is 0.602. The lowest BCUT2D eigenvalue weighted by atomic mass is 10.3. The van der Waals surface area contributed by atoms with Gasteiger partial charge in [0, 0.05) is 23.9 Å². The van der Waals surface area contributed by atoms with Gasteiger partial charge in [0.25, 0.3) is 5.91 Å². The van der Waals surface area contributed by atoms with Crippen molar-refractivity contribution in [1.82, 2.24) is 0 Å². The van der Waals surface area contributed by atoms with Gasteiger partial charge in [-0.2, -0.15) is 0 Å². The summed E-state index contributed by atoms with van der Waals surface area (Å²) in [5.74, 6) is 0.670. The lowest BCUT2D eigenvalue weighted by molar-refractivity contribution is -0.118. The van der Waals surface area contributed by atoms with E-state index in [0.29, 0.717) is 44.9 Å². The molecule has 2 rings (SSSR count). The standard InChI is InChI=1S/C17H16BrCl2NO4/c1-23-5-6-24-13-4-2-3-12(9-13)21-16(22)10-25-17-14(18)7-11(19)8-15(17)20/h2-4,7-9H,5-6,10H2,1H3,(H,21,22). The number of amides is 1. The molecule has 0 aliphatic carbocycles. The van der Waals surface area contributed by atoms with E-state index in [1.807, 2.05) is 0 Å². The first-order valence-corrected chi connectivity index (χ1v) is 8.83. The van der Waals surface area contributed by atoms with Crippen molar-refractivity contribution in [2.45, 2.75) is 0 Å². The van der Waals surface area contributed by atoms with Crippen LogP contribution in [0.4, 0.5) is 5.69 Å². The molecule has 0 radical (unpaired) electrons. The number of halogens is 3. The Hall–Kier alpha value is -1.47. The fourth-order valence-corrected chi connectivity index (χ4v) is 3.28. The van der Waals surface area contributed by atoms with Crippen molar-refractivity contribution >= 4 is 50.7 Å². The molecular formula is C17H16BrCl2NO4. The van der Waals surface area contributed by atoms with Crippen molar-refractivity contribution in [2.75, 3.05) is 32.2 Å². The molecule has 2 aromatic rings. The monoisotopic (exact) mass is 447 g/mol. The Bertz CT molecular complexity index is 719. The molecule has 5 nitrogen and oxygen atoms in total. The van der Waals surface area contributed by atoms with Crippen LogP contribution in [0.2, 0.25) is 10.0 Å². The summed E-state index contributed by atoms with van der Waals surface area (Å²) in [6, 6.07) is 10.2. The van der Waals surface area contributed by atoms with Gasteiger partial charge >= 0.3 is 0 Å². The van der Waals surface area contributed by atoms with Crippen molar-refractivity contribution < 1.29 is 19.0 Å². The van der Waals surface area contributed by atoms with Crippen molar-refractivity contribution in [2.24, 2.45) is 0 Å². The molecule has 8 heteroatoms. The number of anilines is 1. The third-order valence-electron chi connectivity index (χ3n) is 2.98. The molecule has 0 aliphatic rings. The van der Waals surface area contributed by atoms with Crippen LogP contribution in [-0.2, 0) is 9.53 Å². The Labute approximate surface area is 164 Å². The Kier molecular flexibility index (Phi) is 7.84. The van der Waals surface area contributed by atoms with E-state index >= 15 is 0 Å². The van der Waals surface area contributed by atoms with Gasteiger partial charge in [0.2, 0.25) is 0 Å². The first-order valence-electron chi connectivity index (χ1n) is 7.28. The summed E-state index contributed by atoms with van der Waals surface area (Å²) in [6.45, 7) is 0.718. The predicted molar refractivity (Wildman–Crippen MR) is 102 cm³/mol. The van der Waals surface area contributed by atoms with Crippen LogP contribution in [-0.4, -0.2) is 32.8 Å². The SMILES string of the molecule is COCCOc1cccc(NC(=O)COc2c(Cl)cc(Cl)cc2Br)c1. The molecule has 2 aromatic carbocycles. The predicted octanol–water partition coefficient (Wildman–Crippen LogP) is 4.80. The molecule has 0 unspecified atom stereocenters. The van der Waals surface area contributed by atoms with Crippen LogP contribution in [0, 0.1) is 0 Å². The average molecular weight is 449 g/mol. The topological polar surface area (TPSA) is 56.8 Å². The summed E-state index contributed by atoms with van der Waals surface area (Å²) < 4.78 is 16.5. The van der Waals surface area contributed by atoms with Gasteiger partial charge in [0.15, 0.2) is 12.4 Å². The number of hydrogen-bond donors (Lipinski definition) is 1. The van der Waals surface area contributed by atoms with E-state index < -0.39 is 0 Å². The maximum Gasteiger partial charge on any atom is 0.262 e. The third-order valence-corrected chi connectivity index (χ3v) is 4.07. The number of methoxy groups -OCH3 is 1. The number of nitrogens with one attached hydrogen (secondary N) is 1. The minimum atomic E-state index is -0.327. The van der Waals surface area contributed by atoms with E-state index in [1.165, 1.54) is 0 Å². The summed E-state index contributed by atoms with van der Waals surface area (Å²) in [4.78, 5) is 12.1. The van der Waals surface area contributed by atoms with Gasteiger partial charge in [-0.05, 0) is 40.2 Å². The first kappa shape index (κ1) is 19.8.